The molecule has 1 aromatic heterocycles. The molecule has 0 aliphatic rings. The van der Waals surface area contributed by atoms with Crippen LogP contribution in [0.4, 0.5) is 13.9 Å². The first kappa shape index (κ1) is 19.4. The zero-order chi connectivity index (χ0) is 19.4. The van der Waals surface area contributed by atoms with E-state index in [1.807, 2.05) is 6.07 Å². The lowest BCUT2D eigenvalue weighted by Crippen LogP contribution is -3.12. The second-order valence-corrected chi connectivity index (χ2v) is 7.27. The van der Waals surface area contributed by atoms with Crippen LogP contribution in [-0.4, -0.2) is 37.1 Å². The van der Waals surface area contributed by atoms with Gasteiger partial charge >= 0.3 is 0 Å². The van der Waals surface area contributed by atoms with Crippen LogP contribution in [0.3, 0.4) is 0 Å². The molecule has 0 spiro atoms. The third-order valence-corrected chi connectivity index (χ3v) is 5.61. The lowest BCUT2D eigenvalue weighted by Gasteiger charge is -2.23. The van der Waals surface area contributed by atoms with Crippen LogP contribution in [0.25, 0.3) is 10.2 Å². The number of amides is 1. The number of nitrogens with zero attached hydrogens (tertiary/aromatic N) is 2. The quantitative estimate of drug-likeness (QED) is 0.673. The van der Waals surface area contributed by atoms with Crippen molar-refractivity contribution in [1.29, 1.82) is 0 Å². The summed E-state index contributed by atoms with van der Waals surface area (Å²) in [5.41, 5.74) is 0.635. The van der Waals surface area contributed by atoms with Crippen molar-refractivity contribution in [2.24, 2.45) is 0 Å². The summed E-state index contributed by atoms with van der Waals surface area (Å²) >= 11 is 1.13. The van der Waals surface area contributed by atoms with E-state index in [-0.39, 0.29) is 11.4 Å². The van der Waals surface area contributed by atoms with Crippen LogP contribution < -0.4 is 9.80 Å². The minimum Gasteiger partial charge on any atom is -0.334 e. The van der Waals surface area contributed by atoms with Gasteiger partial charge in [0.15, 0.2) is 10.9 Å². The van der Waals surface area contributed by atoms with Crippen LogP contribution in [0.1, 0.15) is 24.2 Å². The van der Waals surface area contributed by atoms with Gasteiger partial charge in [0.1, 0.15) is 11.3 Å². The minimum atomic E-state index is -0.714. The number of carbonyl (C=O) groups excluding carboxylic acids is 1. The van der Waals surface area contributed by atoms with E-state index in [1.165, 1.54) is 11.0 Å². The van der Waals surface area contributed by atoms with Crippen LogP contribution in [0.15, 0.2) is 42.5 Å². The van der Waals surface area contributed by atoms with Gasteiger partial charge in [-0.1, -0.05) is 29.5 Å². The first-order valence-corrected chi connectivity index (χ1v) is 9.81. The van der Waals surface area contributed by atoms with Gasteiger partial charge in [0, 0.05) is 11.6 Å². The molecule has 0 bridgehead atoms. The maximum absolute atomic E-state index is 14.1. The van der Waals surface area contributed by atoms with Crippen LogP contribution in [-0.2, 0) is 0 Å². The molecule has 0 aliphatic heterocycles. The Morgan fingerprint density at radius 1 is 1.15 bits per heavy atom. The fourth-order valence-electron chi connectivity index (χ4n) is 2.96. The third-order valence-electron chi connectivity index (χ3n) is 4.59. The summed E-state index contributed by atoms with van der Waals surface area (Å²) in [6.07, 6.45) is 0. The van der Waals surface area contributed by atoms with Crippen molar-refractivity contribution >= 4 is 32.6 Å². The molecular weight excluding hydrogens is 368 g/mol. The van der Waals surface area contributed by atoms with E-state index in [0.29, 0.717) is 21.9 Å². The van der Waals surface area contributed by atoms with Gasteiger partial charge in [0.05, 0.1) is 30.9 Å². The molecule has 2 aromatic carbocycles. The summed E-state index contributed by atoms with van der Waals surface area (Å²) in [5.74, 6) is -1.56. The monoisotopic (exact) mass is 390 g/mol. The third kappa shape index (κ3) is 4.31. The van der Waals surface area contributed by atoms with Gasteiger partial charge in [-0.2, -0.15) is 0 Å². The van der Waals surface area contributed by atoms with Crippen LogP contribution in [0, 0.1) is 11.6 Å². The Morgan fingerprint density at radius 3 is 2.52 bits per heavy atom. The number of aromatic nitrogens is 1. The normalized spacial score (nSPS) is 11.3. The molecule has 3 rings (SSSR count). The van der Waals surface area contributed by atoms with E-state index >= 15 is 0 Å². The van der Waals surface area contributed by atoms with Crippen molar-refractivity contribution in [3.8, 4) is 0 Å². The Bertz CT molecular complexity index is 926. The predicted molar refractivity (Wildman–Crippen MR) is 105 cm³/mol. The number of fused-ring (bicyclic) bond motifs is 1. The SMILES string of the molecule is CC[NH+](CC)CCN(C(=O)c1ccccc1)c1nc2c(F)cc(F)cc2s1. The summed E-state index contributed by atoms with van der Waals surface area (Å²) in [6.45, 7) is 7.29. The fourth-order valence-corrected chi connectivity index (χ4v) is 3.98. The lowest BCUT2D eigenvalue weighted by atomic mass is 10.2. The molecule has 142 valence electrons. The molecule has 0 fully saturated rings. The number of halogens is 2. The lowest BCUT2D eigenvalue weighted by molar-refractivity contribution is -0.894. The highest BCUT2D eigenvalue weighted by Crippen LogP contribution is 2.31. The first-order valence-electron chi connectivity index (χ1n) is 8.99. The van der Waals surface area contributed by atoms with Crippen molar-refractivity contribution in [1.82, 2.24) is 4.98 Å². The maximum Gasteiger partial charge on any atom is 0.260 e. The molecule has 0 radical (unpaired) electrons. The van der Waals surface area contributed by atoms with E-state index in [4.69, 9.17) is 0 Å². The minimum absolute atomic E-state index is 0.0949. The highest BCUT2D eigenvalue weighted by atomic mass is 32.1. The van der Waals surface area contributed by atoms with Crippen LogP contribution in [0.5, 0.6) is 0 Å². The van der Waals surface area contributed by atoms with Crippen molar-refractivity contribution < 1.29 is 18.5 Å². The average molecular weight is 390 g/mol. The Hall–Kier alpha value is -2.38. The molecular formula is C20H22F2N3OS+. The number of quaternary nitrogens is 1. The van der Waals surface area contributed by atoms with Gasteiger partial charge in [0.2, 0.25) is 0 Å². The second kappa shape index (κ2) is 8.54. The molecule has 0 saturated carbocycles. The summed E-state index contributed by atoms with van der Waals surface area (Å²) < 4.78 is 28.0. The molecule has 1 N–H and O–H groups in total. The average Bonchev–Trinajstić information content (AvgIpc) is 3.09. The summed E-state index contributed by atoms with van der Waals surface area (Å²) in [6, 6.07) is 11.0. The van der Waals surface area contributed by atoms with Gasteiger partial charge in [-0.3, -0.25) is 9.69 Å². The molecule has 0 unspecified atom stereocenters. The highest BCUT2D eigenvalue weighted by Gasteiger charge is 2.23. The number of likely N-dealkylation sites (N-methyl/N-ethyl adjacent to an activating group) is 1. The number of hydrogen-bond donors (Lipinski definition) is 1. The molecule has 4 nitrogen and oxygen atoms in total. The summed E-state index contributed by atoms with van der Waals surface area (Å²) in [7, 11) is 0. The Morgan fingerprint density at radius 2 is 1.85 bits per heavy atom. The molecule has 27 heavy (non-hydrogen) atoms. The molecule has 1 amide bonds. The van der Waals surface area contributed by atoms with E-state index in [2.05, 4.69) is 18.8 Å². The van der Waals surface area contributed by atoms with E-state index in [9.17, 15) is 13.6 Å². The van der Waals surface area contributed by atoms with Gasteiger partial charge in [-0.05, 0) is 32.0 Å². The number of thiazole rings is 1. The van der Waals surface area contributed by atoms with E-state index in [0.717, 1.165) is 37.0 Å². The fraction of sp³-hybridized carbons (Fsp3) is 0.300. The zero-order valence-corrected chi connectivity index (χ0v) is 16.2. The second-order valence-electron chi connectivity index (χ2n) is 6.26. The molecule has 0 atom stereocenters. The summed E-state index contributed by atoms with van der Waals surface area (Å²) in [5, 5.41) is 0.384. The van der Waals surface area contributed by atoms with Crippen molar-refractivity contribution in [2.75, 3.05) is 31.1 Å². The Kier molecular flexibility index (Phi) is 6.13. The zero-order valence-electron chi connectivity index (χ0n) is 15.3. The predicted octanol–water partition coefficient (Wildman–Crippen LogP) is 3.15. The first-order chi connectivity index (χ1) is 13.0. The smallest absolute Gasteiger partial charge is 0.260 e. The molecule has 7 heteroatoms. The van der Waals surface area contributed by atoms with E-state index in [1.54, 1.807) is 29.2 Å². The molecule has 1 heterocycles. The number of nitrogens with one attached hydrogen (secondary N) is 1. The van der Waals surface area contributed by atoms with Crippen LogP contribution in [0.2, 0.25) is 0 Å². The number of hydrogen-bond acceptors (Lipinski definition) is 3. The van der Waals surface area contributed by atoms with Gasteiger partial charge in [0.25, 0.3) is 5.91 Å². The molecule has 0 aliphatic carbocycles. The van der Waals surface area contributed by atoms with E-state index < -0.39 is 11.6 Å². The Balaban J connectivity index is 1.98. The summed E-state index contributed by atoms with van der Waals surface area (Å²) in [4.78, 5) is 20.3. The van der Waals surface area contributed by atoms with Gasteiger partial charge < -0.3 is 4.90 Å². The number of carbonyl (C=O) groups is 1. The van der Waals surface area contributed by atoms with Crippen molar-refractivity contribution in [3.05, 3.63) is 59.7 Å². The Labute approximate surface area is 161 Å². The number of rotatable bonds is 7. The van der Waals surface area contributed by atoms with Gasteiger partial charge in [-0.15, -0.1) is 0 Å². The van der Waals surface area contributed by atoms with Crippen LogP contribution >= 0.6 is 11.3 Å². The van der Waals surface area contributed by atoms with Crippen molar-refractivity contribution in [2.45, 2.75) is 13.8 Å². The highest BCUT2D eigenvalue weighted by molar-refractivity contribution is 7.22. The standard InChI is InChI=1S/C20H21F2N3OS/c1-3-24(4-2)10-11-25(19(26)14-8-6-5-7-9-14)20-23-18-16(22)12-15(21)13-17(18)27-20/h5-9,12-13H,3-4,10-11H2,1-2H3/p+1. The molecule has 3 aromatic rings. The maximum atomic E-state index is 14.1. The number of benzene rings is 2. The number of anilines is 1. The largest absolute Gasteiger partial charge is 0.334 e. The molecule has 0 saturated heterocycles. The van der Waals surface area contributed by atoms with Crippen molar-refractivity contribution in [3.63, 3.8) is 0 Å². The van der Waals surface area contributed by atoms with Gasteiger partial charge in [-0.25, -0.2) is 13.8 Å². The topological polar surface area (TPSA) is 37.6 Å².